The van der Waals surface area contributed by atoms with Crippen molar-refractivity contribution in [2.45, 2.75) is 25.3 Å². The fourth-order valence-corrected chi connectivity index (χ4v) is 4.11. The van der Waals surface area contributed by atoms with Gasteiger partial charge in [0.15, 0.2) is 0 Å². The summed E-state index contributed by atoms with van der Waals surface area (Å²) in [6.07, 6.45) is 3.82. The van der Waals surface area contributed by atoms with Crippen molar-refractivity contribution >= 4 is 29.2 Å². The number of carbonyl (C=O) groups excluding carboxylic acids is 2. The summed E-state index contributed by atoms with van der Waals surface area (Å²) in [6.45, 7) is 2.80. The topological polar surface area (TPSA) is 96.5 Å². The lowest BCUT2D eigenvalue weighted by Crippen LogP contribution is -2.52. The molecule has 2 N–H and O–H groups in total. The second-order valence-corrected chi connectivity index (χ2v) is 8.61. The third-order valence-corrected chi connectivity index (χ3v) is 6.10. The first-order valence-corrected chi connectivity index (χ1v) is 11.4. The summed E-state index contributed by atoms with van der Waals surface area (Å²) in [5, 5.41) is 6.49. The van der Waals surface area contributed by atoms with Crippen LogP contribution in [-0.4, -0.2) is 53.0 Å². The van der Waals surface area contributed by atoms with Crippen molar-refractivity contribution in [1.82, 2.24) is 20.2 Å². The van der Waals surface area contributed by atoms with E-state index >= 15 is 0 Å². The molecule has 9 heteroatoms. The summed E-state index contributed by atoms with van der Waals surface area (Å²) >= 11 is 5.92. The molecule has 0 aliphatic carbocycles. The van der Waals surface area contributed by atoms with Gasteiger partial charge in [0.25, 0.3) is 5.91 Å². The SMILES string of the molecule is COc1ccc([C@@H]2CN(C(=O)c3ccc(C)nc3)CC[C@H]2NC(=O)Nc2ccc(Cl)cc2)nc1. The largest absolute Gasteiger partial charge is 0.495 e. The molecule has 1 aliphatic rings. The van der Waals surface area contributed by atoms with Crippen LogP contribution >= 0.6 is 11.6 Å². The van der Waals surface area contributed by atoms with Crippen LogP contribution in [0.2, 0.25) is 5.02 Å². The van der Waals surface area contributed by atoms with Crippen molar-refractivity contribution in [2.24, 2.45) is 0 Å². The van der Waals surface area contributed by atoms with Crippen LogP contribution in [0.25, 0.3) is 0 Å². The van der Waals surface area contributed by atoms with Gasteiger partial charge in [-0.15, -0.1) is 0 Å². The zero-order valence-corrected chi connectivity index (χ0v) is 19.7. The van der Waals surface area contributed by atoms with Gasteiger partial charge in [0, 0.05) is 53.3 Å². The lowest BCUT2D eigenvalue weighted by Gasteiger charge is -2.38. The second kappa shape index (κ2) is 10.5. The Balaban J connectivity index is 1.51. The van der Waals surface area contributed by atoms with E-state index in [0.29, 0.717) is 41.5 Å². The zero-order valence-electron chi connectivity index (χ0n) is 19.0. The first kappa shape index (κ1) is 23.5. The maximum atomic E-state index is 13.1. The molecule has 34 heavy (non-hydrogen) atoms. The highest BCUT2D eigenvalue weighted by atomic mass is 35.5. The molecular formula is C25H26ClN5O3. The number of nitrogens with zero attached hydrogens (tertiary/aromatic N) is 3. The van der Waals surface area contributed by atoms with E-state index in [1.807, 2.05) is 25.1 Å². The molecule has 1 aliphatic heterocycles. The highest BCUT2D eigenvalue weighted by Crippen LogP contribution is 2.28. The Bertz CT molecular complexity index is 1140. The van der Waals surface area contributed by atoms with Crippen LogP contribution in [0.4, 0.5) is 10.5 Å². The zero-order chi connectivity index (χ0) is 24.1. The van der Waals surface area contributed by atoms with Gasteiger partial charge >= 0.3 is 6.03 Å². The third-order valence-electron chi connectivity index (χ3n) is 5.85. The summed E-state index contributed by atoms with van der Waals surface area (Å²) in [6, 6.07) is 13.7. The number of pyridine rings is 2. The minimum Gasteiger partial charge on any atom is -0.495 e. The van der Waals surface area contributed by atoms with Crippen LogP contribution < -0.4 is 15.4 Å². The number of hydrogen-bond acceptors (Lipinski definition) is 5. The van der Waals surface area contributed by atoms with Crippen LogP contribution in [0.1, 0.15) is 34.1 Å². The van der Waals surface area contributed by atoms with Crippen LogP contribution in [-0.2, 0) is 0 Å². The summed E-state index contributed by atoms with van der Waals surface area (Å²) in [5.41, 5.74) is 2.81. The maximum Gasteiger partial charge on any atom is 0.319 e. The number of carbonyl (C=O) groups is 2. The number of rotatable bonds is 5. The molecule has 1 aromatic carbocycles. The molecule has 0 saturated carbocycles. The molecular weight excluding hydrogens is 454 g/mol. The van der Waals surface area contributed by atoms with E-state index in [-0.39, 0.29) is 23.9 Å². The third kappa shape index (κ3) is 5.63. The minimum absolute atomic E-state index is 0.0879. The summed E-state index contributed by atoms with van der Waals surface area (Å²) in [5.74, 6) is 0.358. The van der Waals surface area contributed by atoms with Crippen molar-refractivity contribution in [2.75, 3.05) is 25.5 Å². The van der Waals surface area contributed by atoms with Crippen LogP contribution in [0.3, 0.4) is 0 Å². The van der Waals surface area contributed by atoms with E-state index in [1.165, 1.54) is 0 Å². The quantitative estimate of drug-likeness (QED) is 0.569. The Kier molecular flexibility index (Phi) is 7.27. The molecule has 0 spiro atoms. The van der Waals surface area contributed by atoms with E-state index in [1.54, 1.807) is 54.7 Å². The first-order chi connectivity index (χ1) is 16.4. The number of aromatic nitrogens is 2. The second-order valence-electron chi connectivity index (χ2n) is 8.17. The Morgan fingerprint density at radius 1 is 1.06 bits per heavy atom. The Labute approximate surface area is 203 Å². The molecule has 1 fully saturated rings. The van der Waals surface area contributed by atoms with Gasteiger partial charge in [-0.2, -0.15) is 0 Å². The molecule has 2 aromatic heterocycles. The highest BCUT2D eigenvalue weighted by Gasteiger charge is 2.34. The number of methoxy groups -OCH3 is 1. The summed E-state index contributed by atoms with van der Waals surface area (Å²) in [4.78, 5) is 36.4. The predicted octanol–water partition coefficient (Wildman–Crippen LogP) is 4.27. The van der Waals surface area contributed by atoms with Crippen LogP contribution in [0.5, 0.6) is 5.75 Å². The van der Waals surface area contributed by atoms with Crippen molar-refractivity contribution in [3.05, 3.63) is 82.9 Å². The van der Waals surface area contributed by atoms with Crippen molar-refractivity contribution in [3.8, 4) is 5.75 Å². The van der Waals surface area contributed by atoms with E-state index in [4.69, 9.17) is 16.3 Å². The molecule has 2 atom stereocenters. The Morgan fingerprint density at radius 3 is 2.50 bits per heavy atom. The smallest absolute Gasteiger partial charge is 0.319 e. The highest BCUT2D eigenvalue weighted by molar-refractivity contribution is 6.30. The van der Waals surface area contributed by atoms with Gasteiger partial charge in [0.05, 0.1) is 18.9 Å². The number of nitrogens with one attached hydrogen (secondary N) is 2. The number of halogens is 1. The molecule has 3 aromatic rings. The number of ether oxygens (including phenoxy) is 1. The number of hydrogen-bond donors (Lipinski definition) is 2. The average molecular weight is 480 g/mol. The average Bonchev–Trinajstić information content (AvgIpc) is 2.86. The molecule has 0 radical (unpaired) electrons. The van der Waals surface area contributed by atoms with Gasteiger partial charge in [-0.3, -0.25) is 14.8 Å². The minimum atomic E-state index is -0.326. The first-order valence-electron chi connectivity index (χ1n) is 11.0. The van der Waals surface area contributed by atoms with Crippen molar-refractivity contribution in [3.63, 3.8) is 0 Å². The molecule has 3 amide bonds. The number of piperidine rings is 1. The van der Waals surface area contributed by atoms with Gasteiger partial charge in [0.2, 0.25) is 0 Å². The molecule has 1 saturated heterocycles. The number of aryl methyl sites for hydroxylation is 1. The van der Waals surface area contributed by atoms with E-state index in [0.717, 1.165) is 11.4 Å². The van der Waals surface area contributed by atoms with Crippen molar-refractivity contribution < 1.29 is 14.3 Å². The number of amides is 3. The van der Waals surface area contributed by atoms with Gasteiger partial charge in [0.1, 0.15) is 5.75 Å². The lowest BCUT2D eigenvalue weighted by atomic mass is 9.88. The fraction of sp³-hybridized carbons (Fsp3) is 0.280. The molecule has 4 rings (SSSR count). The molecule has 0 bridgehead atoms. The molecule has 3 heterocycles. The van der Waals surface area contributed by atoms with Gasteiger partial charge in [-0.1, -0.05) is 11.6 Å². The van der Waals surface area contributed by atoms with E-state index < -0.39 is 0 Å². The van der Waals surface area contributed by atoms with Gasteiger partial charge in [-0.05, 0) is 61.9 Å². The number of benzene rings is 1. The maximum absolute atomic E-state index is 13.1. The summed E-state index contributed by atoms with van der Waals surface area (Å²) in [7, 11) is 1.58. The fourth-order valence-electron chi connectivity index (χ4n) is 3.99. The van der Waals surface area contributed by atoms with Crippen LogP contribution in [0, 0.1) is 6.92 Å². The van der Waals surface area contributed by atoms with Gasteiger partial charge < -0.3 is 20.3 Å². The predicted molar refractivity (Wildman–Crippen MR) is 130 cm³/mol. The summed E-state index contributed by atoms with van der Waals surface area (Å²) < 4.78 is 5.23. The van der Waals surface area contributed by atoms with E-state index in [9.17, 15) is 9.59 Å². The molecule has 176 valence electrons. The molecule has 0 unspecified atom stereocenters. The number of anilines is 1. The molecule has 8 nitrogen and oxygen atoms in total. The van der Waals surface area contributed by atoms with Crippen molar-refractivity contribution in [1.29, 1.82) is 0 Å². The number of urea groups is 1. The van der Waals surface area contributed by atoms with E-state index in [2.05, 4.69) is 20.6 Å². The normalized spacial score (nSPS) is 17.7. The van der Waals surface area contributed by atoms with Gasteiger partial charge in [-0.25, -0.2) is 4.79 Å². The van der Waals surface area contributed by atoms with Crippen LogP contribution in [0.15, 0.2) is 60.9 Å². The number of likely N-dealkylation sites (tertiary alicyclic amines) is 1. The monoisotopic (exact) mass is 479 g/mol. The standard InChI is InChI=1S/C25H26ClN5O3/c1-16-3-4-17(13-27-16)24(32)31-12-11-23(21(15-31)22-10-9-20(34-2)14-28-22)30-25(33)29-19-7-5-18(26)6-8-19/h3-10,13-14,21,23H,11-12,15H2,1-2H3,(H2,29,30,33)/t21-,23+/m0/s1. The Hall–Kier alpha value is -3.65. The lowest BCUT2D eigenvalue weighted by molar-refractivity contribution is 0.0683. The Morgan fingerprint density at radius 2 is 1.85 bits per heavy atom.